The molecular weight excluding hydrogens is 294 g/mol. The summed E-state index contributed by atoms with van der Waals surface area (Å²) in [6.07, 6.45) is 3.03. The summed E-state index contributed by atoms with van der Waals surface area (Å²) >= 11 is 3.44. The van der Waals surface area contributed by atoms with Gasteiger partial charge in [0.25, 0.3) is 0 Å². The molecule has 3 rings (SSSR count). The van der Waals surface area contributed by atoms with Crippen molar-refractivity contribution in [1.82, 2.24) is 10.1 Å². The van der Waals surface area contributed by atoms with Crippen LogP contribution in [0, 0.1) is 0 Å². The van der Waals surface area contributed by atoms with E-state index in [4.69, 9.17) is 10.3 Å². The zero-order chi connectivity index (χ0) is 12.5. The summed E-state index contributed by atoms with van der Waals surface area (Å²) in [6.45, 7) is 0. The molecule has 94 valence electrons. The van der Waals surface area contributed by atoms with E-state index in [0.717, 1.165) is 35.2 Å². The normalized spacial score (nSPS) is 23.4. The third-order valence-electron chi connectivity index (χ3n) is 3.35. The van der Waals surface area contributed by atoms with E-state index in [1.54, 1.807) is 0 Å². The molecule has 1 aliphatic rings. The van der Waals surface area contributed by atoms with Crippen LogP contribution in [-0.4, -0.2) is 16.2 Å². The first-order valence-electron chi connectivity index (χ1n) is 6.07. The summed E-state index contributed by atoms with van der Waals surface area (Å²) in [4.78, 5) is 4.48. The summed E-state index contributed by atoms with van der Waals surface area (Å²) in [5.74, 6) is 1.69. The molecule has 2 unspecified atom stereocenters. The summed E-state index contributed by atoms with van der Waals surface area (Å²) in [7, 11) is 0. The molecule has 18 heavy (non-hydrogen) atoms. The lowest BCUT2D eigenvalue weighted by Gasteiger charge is -2.01. The average Bonchev–Trinajstić information content (AvgIpc) is 2.97. The van der Waals surface area contributed by atoms with Gasteiger partial charge in [0.05, 0.1) is 0 Å². The molecule has 0 radical (unpaired) electrons. The second-order valence-electron chi connectivity index (χ2n) is 4.74. The Hall–Kier alpha value is -1.20. The third-order valence-corrected chi connectivity index (χ3v) is 3.84. The largest absolute Gasteiger partial charge is 0.339 e. The van der Waals surface area contributed by atoms with Gasteiger partial charge in [-0.3, -0.25) is 0 Å². The van der Waals surface area contributed by atoms with Gasteiger partial charge >= 0.3 is 0 Å². The number of benzene rings is 1. The van der Waals surface area contributed by atoms with Crippen LogP contribution in [0.4, 0.5) is 0 Å². The lowest BCUT2D eigenvalue weighted by molar-refractivity contribution is 0.353. The molecule has 0 spiro atoms. The van der Waals surface area contributed by atoms with Crippen molar-refractivity contribution in [3.05, 3.63) is 34.6 Å². The highest BCUT2D eigenvalue weighted by Gasteiger charge is 2.27. The number of halogens is 1. The van der Waals surface area contributed by atoms with Gasteiger partial charge in [0.1, 0.15) is 0 Å². The van der Waals surface area contributed by atoms with E-state index < -0.39 is 0 Å². The fraction of sp³-hybridized carbons (Fsp3) is 0.385. The van der Waals surface area contributed by atoms with Crippen molar-refractivity contribution < 1.29 is 4.52 Å². The Morgan fingerprint density at radius 2 is 2.22 bits per heavy atom. The van der Waals surface area contributed by atoms with Crippen LogP contribution in [-0.2, 0) is 0 Å². The first-order chi connectivity index (χ1) is 8.72. The van der Waals surface area contributed by atoms with Crippen LogP contribution in [0.3, 0.4) is 0 Å². The van der Waals surface area contributed by atoms with Crippen molar-refractivity contribution >= 4 is 15.9 Å². The van der Waals surface area contributed by atoms with Gasteiger partial charge in [0, 0.05) is 22.0 Å². The lowest BCUT2D eigenvalue weighted by Crippen LogP contribution is -2.14. The quantitative estimate of drug-likeness (QED) is 0.926. The van der Waals surface area contributed by atoms with Crippen molar-refractivity contribution in [2.45, 2.75) is 31.2 Å². The predicted molar refractivity (Wildman–Crippen MR) is 72.0 cm³/mol. The summed E-state index contributed by atoms with van der Waals surface area (Å²) in [5.41, 5.74) is 6.86. The van der Waals surface area contributed by atoms with Crippen molar-refractivity contribution in [3.8, 4) is 11.4 Å². The standard InChI is InChI=1S/C13H14BrN3O/c14-10-3-1-2-8(6-10)12-16-13(18-17-12)9-4-5-11(15)7-9/h1-3,6,9,11H,4-5,7,15H2. The molecule has 2 N–H and O–H groups in total. The molecule has 2 aromatic rings. The predicted octanol–water partition coefficient (Wildman–Crippen LogP) is 3.09. The van der Waals surface area contributed by atoms with Crippen LogP contribution >= 0.6 is 15.9 Å². The Morgan fingerprint density at radius 1 is 1.33 bits per heavy atom. The van der Waals surface area contributed by atoms with Crippen LogP contribution in [0.15, 0.2) is 33.3 Å². The maximum Gasteiger partial charge on any atom is 0.230 e. The van der Waals surface area contributed by atoms with Crippen LogP contribution in [0.2, 0.25) is 0 Å². The number of hydrogen-bond acceptors (Lipinski definition) is 4. The Balaban J connectivity index is 1.85. The minimum atomic E-state index is 0.274. The number of nitrogens with zero attached hydrogens (tertiary/aromatic N) is 2. The highest BCUT2D eigenvalue weighted by atomic mass is 79.9. The van der Waals surface area contributed by atoms with E-state index in [0.29, 0.717) is 11.7 Å². The molecule has 1 fully saturated rings. The van der Waals surface area contributed by atoms with Crippen molar-refractivity contribution in [3.63, 3.8) is 0 Å². The van der Waals surface area contributed by atoms with Gasteiger partial charge < -0.3 is 10.3 Å². The number of aromatic nitrogens is 2. The van der Waals surface area contributed by atoms with Crippen LogP contribution < -0.4 is 5.73 Å². The number of rotatable bonds is 2. The Morgan fingerprint density at radius 3 is 2.94 bits per heavy atom. The third kappa shape index (κ3) is 2.33. The van der Waals surface area contributed by atoms with Gasteiger partial charge in [0.15, 0.2) is 0 Å². The fourth-order valence-corrected chi connectivity index (χ4v) is 2.79. The minimum absolute atomic E-state index is 0.274. The molecule has 0 bridgehead atoms. The monoisotopic (exact) mass is 307 g/mol. The minimum Gasteiger partial charge on any atom is -0.339 e. The molecular formula is C13H14BrN3O. The summed E-state index contributed by atoms with van der Waals surface area (Å²) < 4.78 is 6.37. The molecule has 1 aromatic carbocycles. The second kappa shape index (κ2) is 4.82. The molecule has 5 heteroatoms. The van der Waals surface area contributed by atoms with Gasteiger partial charge in [-0.1, -0.05) is 33.2 Å². The zero-order valence-electron chi connectivity index (χ0n) is 9.84. The van der Waals surface area contributed by atoms with Crippen LogP contribution in [0.25, 0.3) is 11.4 Å². The fourth-order valence-electron chi connectivity index (χ4n) is 2.39. The second-order valence-corrected chi connectivity index (χ2v) is 5.65. The topological polar surface area (TPSA) is 64.9 Å². The molecule has 0 amide bonds. The molecule has 2 atom stereocenters. The molecule has 1 heterocycles. The molecule has 0 saturated heterocycles. The molecule has 4 nitrogen and oxygen atoms in total. The average molecular weight is 308 g/mol. The zero-order valence-corrected chi connectivity index (χ0v) is 11.4. The van der Waals surface area contributed by atoms with E-state index in [9.17, 15) is 0 Å². The van der Waals surface area contributed by atoms with E-state index in [-0.39, 0.29) is 6.04 Å². The number of nitrogens with two attached hydrogens (primary N) is 1. The van der Waals surface area contributed by atoms with Crippen molar-refractivity contribution in [1.29, 1.82) is 0 Å². The molecule has 1 aromatic heterocycles. The van der Waals surface area contributed by atoms with Crippen molar-refractivity contribution in [2.24, 2.45) is 5.73 Å². The highest BCUT2D eigenvalue weighted by Crippen LogP contribution is 2.33. The van der Waals surface area contributed by atoms with Gasteiger partial charge in [0.2, 0.25) is 11.7 Å². The van der Waals surface area contributed by atoms with Gasteiger partial charge in [-0.2, -0.15) is 4.98 Å². The molecule has 1 aliphatic carbocycles. The maximum absolute atomic E-state index is 5.90. The highest BCUT2D eigenvalue weighted by molar-refractivity contribution is 9.10. The van der Waals surface area contributed by atoms with Crippen molar-refractivity contribution in [2.75, 3.05) is 0 Å². The Bertz CT molecular complexity index is 555. The van der Waals surface area contributed by atoms with Gasteiger partial charge in [-0.05, 0) is 31.4 Å². The SMILES string of the molecule is NC1CCC(c2nc(-c3cccc(Br)c3)no2)C1. The van der Waals surface area contributed by atoms with E-state index in [2.05, 4.69) is 26.1 Å². The lowest BCUT2D eigenvalue weighted by atomic mass is 10.1. The van der Waals surface area contributed by atoms with Gasteiger partial charge in [-0.25, -0.2) is 0 Å². The van der Waals surface area contributed by atoms with Crippen LogP contribution in [0.1, 0.15) is 31.1 Å². The Labute approximate surface area is 114 Å². The smallest absolute Gasteiger partial charge is 0.230 e. The van der Waals surface area contributed by atoms with E-state index >= 15 is 0 Å². The van der Waals surface area contributed by atoms with E-state index in [1.807, 2.05) is 24.3 Å². The first-order valence-corrected chi connectivity index (χ1v) is 6.87. The first kappa shape index (κ1) is 11.9. The summed E-state index contributed by atoms with van der Waals surface area (Å²) in [6, 6.07) is 8.16. The van der Waals surface area contributed by atoms with Gasteiger partial charge in [-0.15, -0.1) is 0 Å². The molecule has 0 aliphatic heterocycles. The number of hydrogen-bond donors (Lipinski definition) is 1. The molecule has 1 saturated carbocycles. The van der Waals surface area contributed by atoms with E-state index in [1.165, 1.54) is 0 Å². The Kier molecular flexibility index (Phi) is 3.18. The maximum atomic E-state index is 5.90. The summed E-state index contributed by atoms with van der Waals surface area (Å²) in [5, 5.41) is 4.05. The van der Waals surface area contributed by atoms with Crippen LogP contribution in [0.5, 0.6) is 0 Å².